The minimum atomic E-state index is -3.12. The van der Waals surface area contributed by atoms with Gasteiger partial charge in [-0.3, -0.25) is 4.79 Å². The SMILES string of the molecule is Cc1nc2c(C(=O)Nc3ccccc3F)nc(-c3cccs3)cc2n1C1CCS(=O)(=O)C1. The average molecular weight is 471 g/mol. The molecule has 1 aliphatic heterocycles. The minimum absolute atomic E-state index is 0.0344. The second-order valence-electron chi connectivity index (χ2n) is 7.72. The highest BCUT2D eigenvalue weighted by atomic mass is 32.2. The smallest absolute Gasteiger partial charge is 0.276 e. The number of halogens is 1. The van der Waals surface area contributed by atoms with Gasteiger partial charge in [-0.15, -0.1) is 11.3 Å². The number of imidazole rings is 1. The first-order chi connectivity index (χ1) is 15.3. The Bertz CT molecular complexity index is 1450. The molecule has 3 aromatic heterocycles. The molecule has 0 saturated carbocycles. The number of rotatable bonds is 4. The van der Waals surface area contributed by atoms with Crippen LogP contribution in [-0.4, -0.2) is 40.4 Å². The van der Waals surface area contributed by atoms with E-state index in [9.17, 15) is 17.6 Å². The average Bonchev–Trinajstić information content (AvgIpc) is 3.47. The topological polar surface area (TPSA) is 93.9 Å². The lowest BCUT2D eigenvalue weighted by molar-refractivity contribution is 0.102. The molecule has 4 heterocycles. The zero-order chi connectivity index (χ0) is 22.5. The molecule has 1 unspecified atom stereocenters. The Balaban J connectivity index is 1.67. The van der Waals surface area contributed by atoms with E-state index >= 15 is 0 Å². The molecule has 0 spiro atoms. The van der Waals surface area contributed by atoms with E-state index in [4.69, 9.17) is 0 Å². The number of nitrogens with zero attached hydrogens (tertiary/aromatic N) is 3. The maximum Gasteiger partial charge on any atom is 0.276 e. The number of anilines is 1. The molecule has 32 heavy (non-hydrogen) atoms. The molecule has 7 nitrogen and oxygen atoms in total. The number of sulfone groups is 1. The summed E-state index contributed by atoms with van der Waals surface area (Å²) < 4.78 is 40.2. The fourth-order valence-corrected chi connectivity index (χ4v) is 6.49. The van der Waals surface area contributed by atoms with Crippen molar-refractivity contribution in [2.75, 3.05) is 16.8 Å². The number of para-hydroxylation sites is 1. The van der Waals surface area contributed by atoms with E-state index in [2.05, 4.69) is 15.3 Å². The van der Waals surface area contributed by atoms with Gasteiger partial charge in [0.1, 0.15) is 17.2 Å². The second-order valence-corrected chi connectivity index (χ2v) is 10.9. The fourth-order valence-electron chi connectivity index (χ4n) is 4.10. The van der Waals surface area contributed by atoms with Gasteiger partial charge in [0.05, 0.1) is 39.3 Å². The van der Waals surface area contributed by atoms with Crippen LogP contribution in [0.5, 0.6) is 0 Å². The van der Waals surface area contributed by atoms with Crippen LogP contribution in [0, 0.1) is 12.7 Å². The summed E-state index contributed by atoms with van der Waals surface area (Å²) in [5.74, 6) is -0.369. The Hall–Kier alpha value is -3.11. The van der Waals surface area contributed by atoms with E-state index in [1.807, 2.05) is 28.1 Å². The first-order valence-corrected chi connectivity index (χ1v) is 12.7. The highest BCUT2D eigenvalue weighted by Gasteiger charge is 2.32. The molecule has 10 heteroatoms. The molecule has 1 aromatic carbocycles. The first kappa shape index (κ1) is 20.8. The molecule has 0 radical (unpaired) electrons. The lowest BCUT2D eigenvalue weighted by Gasteiger charge is -2.14. The van der Waals surface area contributed by atoms with E-state index in [0.717, 1.165) is 4.88 Å². The lowest BCUT2D eigenvalue weighted by atomic mass is 10.2. The Morgan fingerprint density at radius 3 is 2.72 bits per heavy atom. The van der Waals surface area contributed by atoms with Gasteiger partial charge in [-0.2, -0.15) is 0 Å². The van der Waals surface area contributed by atoms with Gasteiger partial charge >= 0.3 is 0 Å². The Labute approximate surface area is 187 Å². The Morgan fingerprint density at radius 2 is 2.03 bits per heavy atom. The summed E-state index contributed by atoms with van der Waals surface area (Å²) in [6.45, 7) is 1.79. The number of nitrogens with one attached hydrogen (secondary N) is 1. The van der Waals surface area contributed by atoms with Crippen molar-refractivity contribution >= 4 is 43.8 Å². The predicted octanol–water partition coefficient (Wildman–Crippen LogP) is 4.22. The molecule has 5 rings (SSSR count). The molecule has 4 aromatic rings. The van der Waals surface area contributed by atoms with Crippen molar-refractivity contribution in [1.82, 2.24) is 14.5 Å². The number of aromatic nitrogens is 3. The van der Waals surface area contributed by atoms with Gasteiger partial charge in [0.2, 0.25) is 0 Å². The molecule has 1 amide bonds. The van der Waals surface area contributed by atoms with Crippen LogP contribution in [0.1, 0.15) is 28.8 Å². The third kappa shape index (κ3) is 3.69. The standard InChI is InChI=1S/C22H19FN4O3S2/c1-13-24-20-18(27(13)14-8-10-32(29,30)12-14)11-17(19-7-4-9-31-19)25-21(20)22(28)26-16-6-3-2-5-15(16)23/h2-7,9,11,14H,8,10,12H2,1H3,(H,26,28). The number of fused-ring (bicyclic) bond motifs is 1. The number of hydrogen-bond acceptors (Lipinski definition) is 6. The summed E-state index contributed by atoms with van der Waals surface area (Å²) in [4.78, 5) is 23.2. The van der Waals surface area contributed by atoms with Crippen LogP contribution in [0.2, 0.25) is 0 Å². The van der Waals surface area contributed by atoms with Gasteiger partial charge in [0.15, 0.2) is 15.5 Å². The highest BCUT2D eigenvalue weighted by Crippen LogP contribution is 2.33. The molecule has 1 atom stereocenters. The van der Waals surface area contributed by atoms with E-state index in [-0.39, 0.29) is 28.9 Å². The Morgan fingerprint density at radius 1 is 1.22 bits per heavy atom. The van der Waals surface area contributed by atoms with Crippen LogP contribution in [0.4, 0.5) is 10.1 Å². The normalized spacial score (nSPS) is 17.6. The highest BCUT2D eigenvalue weighted by molar-refractivity contribution is 7.91. The molecule has 0 bridgehead atoms. The summed E-state index contributed by atoms with van der Waals surface area (Å²) in [6.07, 6.45) is 0.488. The number of amides is 1. The number of thiophene rings is 1. The van der Waals surface area contributed by atoms with Crippen LogP contribution in [0.25, 0.3) is 21.6 Å². The monoisotopic (exact) mass is 470 g/mol. The fraction of sp³-hybridized carbons (Fsp3) is 0.227. The van der Waals surface area contributed by atoms with Crippen LogP contribution < -0.4 is 5.32 Å². The number of benzene rings is 1. The number of hydrogen-bond donors (Lipinski definition) is 1. The van der Waals surface area contributed by atoms with Gasteiger partial charge in [0.25, 0.3) is 5.91 Å². The summed E-state index contributed by atoms with van der Waals surface area (Å²) in [7, 11) is -3.12. The summed E-state index contributed by atoms with van der Waals surface area (Å²) in [5.41, 5.74) is 1.69. The van der Waals surface area contributed by atoms with Crippen molar-refractivity contribution in [3.63, 3.8) is 0 Å². The van der Waals surface area contributed by atoms with Gasteiger partial charge in [-0.05, 0) is 43.0 Å². The van der Waals surface area contributed by atoms with Gasteiger partial charge < -0.3 is 9.88 Å². The molecular weight excluding hydrogens is 451 g/mol. The maximum absolute atomic E-state index is 14.1. The molecule has 1 aliphatic rings. The van der Waals surface area contributed by atoms with Crippen LogP contribution >= 0.6 is 11.3 Å². The van der Waals surface area contributed by atoms with E-state index in [0.29, 0.717) is 29.0 Å². The molecule has 1 fully saturated rings. The van der Waals surface area contributed by atoms with Gasteiger partial charge in [0, 0.05) is 0 Å². The molecule has 1 N–H and O–H groups in total. The van der Waals surface area contributed by atoms with Crippen molar-refractivity contribution in [2.24, 2.45) is 0 Å². The van der Waals surface area contributed by atoms with Crippen molar-refractivity contribution < 1.29 is 17.6 Å². The van der Waals surface area contributed by atoms with Crippen molar-refractivity contribution in [1.29, 1.82) is 0 Å². The third-order valence-corrected chi connectivity index (χ3v) is 8.18. The molecule has 1 saturated heterocycles. The summed E-state index contributed by atoms with van der Waals surface area (Å²) in [5, 5.41) is 4.49. The van der Waals surface area contributed by atoms with Crippen molar-refractivity contribution in [2.45, 2.75) is 19.4 Å². The van der Waals surface area contributed by atoms with E-state index in [1.165, 1.54) is 23.5 Å². The number of carbonyl (C=O) groups excluding carboxylic acids is 1. The zero-order valence-electron chi connectivity index (χ0n) is 17.1. The van der Waals surface area contributed by atoms with Crippen molar-refractivity contribution in [3.05, 3.63) is 65.2 Å². The molecule has 0 aliphatic carbocycles. The van der Waals surface area contributed by atoms with Crippen LogP contribution in [0.3, 0.4) is 0 Å². The summed E-state index contributed by atoms with van der Waals surface area (Å²) in [6, 6.07) is 11.3. The lowest BCUT2D eigenvalue weighted by Crippen LogP contribution is -2.16. The third-order valence-electron chi connectivity index (χ3n) is 5.54. The Kier molecular flexibility index (Phi) is 5.06. The van der Waals surface area contributed by atoms with Crippen molar-refractivity contribution in [3.8, 4) is 10.6 Å². The minimum Gasteiger partial charge on any atom is -0.324 e. The number of carbonyl (C=O) groups is 1. The maximum atomic E-state index is 14.1. The molecular formula is C22H19FN4O3S2. The second kappa shape index (κ2) is 7.79. The predicted molar refractivity (Wildman–Crippen MR) is 122 cm³/mol. The van der Waals surface area contributed by atoms with Crippen LogP contribution in [-0.2, 0) is 9.84 Å². The zero-order valence-corrected chi connectivity index (χ0v) is 18.7. The number of pyridine rings is 1. The molecule has 164 valence electrons. The largest absolute Gasteiger partial charge is 0.324 e. The van der Waals surface area contributed by atoms with Gasteiger partial charge in [-0.25, -0.2) is 22.8 Å². The quantitative estimate of drug-likeness (QED) is 0.482. The number of aryl methyl sites for hydroxylation is 1. The van der Waals surface area contributed by atoms with E-state index < -0.39 is 21.6 Å². The first-order valence-electron chi connectivity index (χ1n) is 10.0. The van der Waals surface area contributed by atoms with E-state index in [1.54, 1.807) is 19.1 Å². The van der Waals surface area contributed by atoms with Gasteiger partial charge in [-0.1, -0.05) is 18.2 Å². The summed E-state index contributed by atoms with van der Waals surface area (Å²) >= 11 is 1.48. The van der Waals surface area contributed by atoms with Crippen LogP contribution in [0.15, 0.2) is 47.8 Å².